The predicted octanol–water partition coefficient (Wildman–Crippen LogP) is 1.84. The minimum absolute atomic E-state index is 0.128. The van der Waals surface area contributed by atoms with Crippen molar-refractivity contribution in [3.05, 3.63) is 10.6 Å². The van der Waals surface area contributed by atoms with Gasteiger partial charge in [0.25, 0.3) is 0 Å². The molecule has 0 aliphatic carbocycles. The first-order valence-corrected chi connectivity index (χ1v) is 6.04. The fourth-order valence-corrected chi connectivity index (χ4v) is 2.56. The lowest BCUT2D eigenvalue weighted by molar-refractivity contribution is 0.853. The summed E-state index contributed by atoms with van der Waals surface area (Å²) in [6, 6.07) is 0. The Morgan fingerprint density at radius 2 is 2.00 bits per heavy atom. The van der Waals surface area contributed by atoms with Gasteiger partial charge in [-0.2, -0.15) is 0 Å². The van der Waals surface area contributed by atoms with E-state index in [0.29, 0.717) is 0 Å². The van der Waals surface area contributed by atoms with Crippen LogP contribution in [-0.2, 0) is 6.42 Å². The summed E-state index contributed by atoms with van der Waals surface area (Å²) in [6.07, 6.45) is 0.826. The lowest BCUT2D eigenvalue weighted by Crippen LogP contribution is -2.21. The number of rotatable bonds is 5. The lowest BCUT2D eigenvalue weighted by Gasteiger charge is -2.16. The lowest BCUT2D eigenvalue weighted by atomic mass is 10.3. The Kier molecular flexibility index (Phi) is 4.08. The smallest absolute Gasteiger partial charge is 0.186 e. The number of hydrogen-bond donors (Lipinski definition) is 2. The fraction of sp³-hybridized carbons (Fsp3) is 0.600. The van der Waals surface area contributed by atoms with Crippen molar-refractivity contribution in [3.8, 4) is 0 Å². The first-order valence-electron chi connectivity index (χ1n) is 5.23. The summed E-state index contributed by atoms with van der Waals surface area (Å²) in [4.78, 5) is 7.51. The van der Waals surface area contributed by atoms with E-state index in [1.807, 2.05) is 6.92 Å². The third-order valence-corrected chi connectivity index (χ3v) is 3.49. The number of hydrogen-bond acceptors (Lipinski definition) is 4. The molecule has 15 heavy (non-hydrogen) atoms. The number of nitrogens with zero attached hydrogens (tertiary/aromatic N) is 2. The Balaban J connectivity index is 3.06. The van der Waals surface area contributed by atoms with E-state index in [9.17, 15) is 0 Å². The van der Waals surface area contributed by atoms with Crippen molar-refractivity contribution in [2.75, 3.05) is 18.0 Å². The van der Waals surface area contributed by atoms with Gasteiger partial charge in [0.2, 0.25) is 0 Å². The quantitative estimate of drug-likeness (QED) is 0.594. The van der Waals surface area contributed by atoms with Crippen molar-refractivity contribution in [2.45, 2.75) is 27.2 Å². The zero-order valence-corrected chi connectivity index (χ0v) is 10.3. The molecule has 0 amide bonds. The molecule has 1 aromatic rings. The predicted molar refractivity (Wildman–Crippen MR) is 66.1 cm³/mol. The van der Waals surface area contributed by atoms with Gasteiger partial charge in [-0.3, -0.25) is 5.41 Å². The average Bonchev–Trinajstić information content (AvgIpc) is 2.64. The van der Waals surface area contributed by atoms with Crippen LogP contribution in [0.3, 0.4) is 0 Å². The maximum absolute atomic E-state index is 7.48. The van der Waals surface area contributed by atoms with Crippen molar-refractivity contribution in [3.63, 3.8) is 0 Å². The molecule has 1 heterocycles. The summed E-state index contributed by atoms with van der Waals surface area (Å²) in [6.45, 7) is 8.11. The molecule has 84 valence electrons. The molecule has 0 aliphatic rings. The molecule has 0 saturated carbocycles. The van der Waals surface area contributed by atoms with Gasteiger partial charge in [-0.25, -0.2) is 4.98 Å². The molecule has 0 bridgehead atoms. The molecule has 0 aromatic carbocycles. The van der Waals surface area contributed by atoms with Crippen LogP contribution in [0.2, 0.25) is 0 Å². The highest BCUT2D eigenvalue weighted by Crippen LogP contribution is 2.26. The summed E-state index contributed by atoms with van der Waals surface area (Å²) in [5.41, 5.74) is 6.46. The average molecular weight is 226 g/mol. The van der Waals surface area contributed by atoms with Gasteiger partial charge in [-0.1, -0.05) is 18.3 Å². The van der Waals surface area contributed by atoms with Crippen molar-refractivity contribution in [1.82, 2.24) is 4.98 Å². The monoisotopic (exact) mass is 226 g/mol. The number of aromatic nitrogens is 1. The Hall–Kier alpha value is -1.10. The second kappa shape index (κ2) is 5.11. The Labute approximate surface area is 94.6 Å². The highest BCUT2D eigenvalue weighted by atomic mass is 32.1. The second-order valence-corrected chi connectivity index (χ2v) is 4.19. The normalized spacial score (nSPS) is 10.3. The number of amidine groups is 1. The SMILES string of the molecule is CCc1nc(N(CC)CC)sc1C(=N)N. The van der Waals surface area contributed by atoms with E-state index in [-0.39, 0.29) is 5.84 Å². The topological polar surface area (TPSA) is 66.0 Å². The summed E-state index contributed by atoms with van der Waals surface area (Å²) >= 11 is 1.51. The van der Waals surface area contributed by atoms with Gasteiger partial charge in [-0.05, 0) is 20.3 Å². The van der Waals surface area contributed by atoms with Gasteiger partial charge in [0.15, 0.2) is 5.13 Å². The van der Waals surface area contributed by atoms with Gasteiger partial charge in [0.05, 0.1) is 10.6 Å². The van der Waals surface area contributed by atoms with Gasteiger partial charge in [0, 0.05) is 13.1 Å². The van der Waals surface area contributed by atoms with Gasteiger partial charge < -0.3 is 10.6 Å². The first-order chi connectivity index (χ1) is 7.13. The van der Waals surface area contributed by atoms with Crippen molar-refractivity contribution in [1.29, 1.82) is 5.41 Å². The zero-order valence-electron chi connectivity index (χ0n) is 9.50. The highest BCUT2D eigenvalue weighted by molar-refractivity contribution is 7.17. The third-order valence-electron chi connectivity index (χ3n) is 2.30. The van der Waals surface area contributed by atoms with Crippen molar-refractivity contribution < 1.29 is 0 Å². The number of thiazole rings is 1. The Morgan fingerprint density at radius 1 is 1.40 bits per heavy atom. The maximum atomic E-state index is 7.48. The number of anilines is 1. The Morgan fingerprint density at radius 3 is 2.33 bits per heavy atom. The summed E-state index contributed by atoms with van der Waals surface area (Å²) in [7, 11) is 0. The van der Waals surface area contributed by atoms with Crippen LogP contribution in [0, 0.1) is 5.41 Å². The Bertz CT molecular complexity index is 341. The van der Waals surface area contributed by atoms with E-state index in [1.54, 1.807) is 0 Å². The van der Waals surface area contributed by atoms with E-state index in [4.69, 9.17) is 11.1 Å². The minimum Gasteiger partial charge on any atom is -0.383 e. The molecule has 1 rings (SSSR count). The van der Waals surface area contributed by atoms with Crippen LogP contribution < -0.4 is 10.6 Å². The van der Waals surface area contributed by atoms with E-state index in [1.165, 1.54) is 11.3 Å². The number of nitrogens with one attached hydrogen (secondary N) is 1. The molecule has 0 atom stereocenters. The first kappa shape index (κ1) is 12.0. The molecule has 0 saturated heterocycles. The number of aryl methyl sites for hydroxylation is 1. The van der Waals surface area contributed by atoms with Gasteiger partial charge >= 0.3 is 0 Å². The molecule has 0 fully saturated rings. The van der Waals surface area contributed by atoms with Crippen LogP contribution in [-0.4, -0.2) is 23.9 Å². The fourth-order valence-electron chi connectivity index (χ4n) is 1.42. The molecule has 0 aliphatic heterocycles. The summed E-state index contributed by atoms with van der Waals surface area (Å²) in [5, 5.41) is 8.45. The molecule has 1 aromatic heterocycles. The van der Waals surface area contributed by atoms with Crippen molar-refractivity contribution in [2.24, 2.45) is 5.73 Å². The van der Waals surface area contributed by atoms with E-state index < -0.39 is 0 Å². The molecule has 4 nitrogen and oxygen atoms in total. The van der Waals surface area contributed by atoms with Crippen LogP contribution >= 0.6 is 11.3 Å². The second-order valence-electron chi connectivity index (χ2n) is 3.21. The molecule has 0 radical (unpaired) electrons. The van der Waals surface area contributed by atoms with E-state index in [2.05, 4.69) is 23.7 Å². The molecule has 0 spiro atoms. The van der Waals surface area contributed by atoms with Crippen molar-refractivity contribution >= 4 is 22.3 Å². The largest absolute Gasteiger partial charge is 0.383 e. The summed E-state index contributed by atoms with van der Waals surface area (Å²) in [5.74, 6) is 0.128. The third kappa shape index (κ3) is 2.47. The molecular weight excluding hydrogens is 208 g/mol. The number of nitrogens with two attached hydrogens (primary N) is 1. The standard InChI is InChI=1S/C10H18N4S/c1-4-7-8(9(11)12)15-10(13-7)14(5-2)6-3/h4-6H2,1-3H3,(H3,11,12). The minimum atomic E-state index is 0.128. The van der Waals surface area contributed by atoms with Gasteiger partial charge in [-0.15, -0.1) is 0 Å². The highest BCUT2D eigenvalue weighted by Gasteiger charge is 2.14. The van der Waals surface area contributed by atoms with E-state index in [0.717, 1.165) is 35.2 Å². The van der Waals surface area contributed by atoms with Crippen LogP contribution in [0.5, 0.6) is 0 Å². The van der Waals surface area contributed by atoms with Gasteiger partial charge in [0.1, 0.15) is 5.84 Å². The number of nitrogen functional groups attached to an aromatic ring is 1. The maximum Gasteiger partial charge on any atom is 0.186 e. The van der Waals surface area contributed by atoms with Crippen LogP contribution in [0.15, 0.2) is 0 Å². The van der Waals surface area contributed by atoms with Crippen LogP contribution in [0.25, 0.3) is 0 Å². The van der Waals surface area contributed by atoms with E-state index >= 15 is 0 Å². The molecule has 0 unspecified atom stereocenters. The van der Waals surface area contributed by atoms with Crippen LogP contribution in [0.1, 0.15) is 31.3 Å². The van der Waals surface area contributed by atoms with Crippen LogP contribution in [0.4, 0.5) is 5.13 Å². The molecule has 5 heteroatoms. The molecule has 3 N–H and O–H groups in total. The molecular formula is C10H18N4S. The zero-order chi connectivity index (χ0) is 11.4. The summed E-state index contributed by atoms with van der Waals surface area (Å²) < 4.78 is 0.